The zero-order valence-corrected chi connectivity index (χ0v) is 16.9. The highest BCUT2D eigenvalue weighted by atomic mass is 79.9. The Kier molecular flexibility index (Phi) is 4.70. The lowest BCUT2D eigenvalue weighted by Crippen LogP contribution is -2.14. The topological polar surface area (TPSA) is 54.0 Å². The first-order valence-electron chi connectivity index (χ1n) is 8.64. The van der Waals surface area contributed by atoms with Gasteiger partial charge in [-0.2, -0.15) is 0 Å². The van der Waals surface area contributed by atoms with Crippen LogP contribution >= 0.6 is 15.9 Å². The summed E-state index contributed by atoms with van der Waals surface area (Å²) in [5.74, 6) is 2.39. The lowest BCUT2D eigenvalue weighted by atomic mass is 10.1. The van der Waals surface area contributed by atoms with Gasteiger partial charge in [0.15, 0.2) is 12.6 Å². The summed E-state index contributed by atoms with van der Waals surface area (Å²) < 4.78 is 23.8. The van der Waals surface area contributed by atoms with Crippen LogP contribution in [0, 0.1) is 6.92 Å². The van der Waals surface area contributed by atoms with Crippen molar-refractivity contribution in [3.8, 4) is 17.2 Å². The second kappa shape index (κ2) is 7.02. The van der Waals surface area contributed by atoms with Crippen molar-refractivity contribution in [1.82, 2.24) is 0 Å². The molecule has 4 rings (SSSR count). The van der Waals surface area contributed by atoms with E-state index < -0.39 is 0 Å². The molecule has 0 unspecified atom stereocenters. The molecule has 2 aromatic rings. The molecule has 0 spiro atoms. The molecule has 0 saturated carbocycles. The van der Waals surface area contributed by atoms with Crippen molar-refractivity contribution in [2.45, 2.75) is 34.0 Å². The third kappa shape index (κ3) is 3.24. The summed E-state index contributed by atoms with van der Waals surface area (Å²) >= 11 is 3.52. The van der Waals surface area contributed by atoms with Crippen molar-refractivity contribution in [1.29, 1.82) is 0 Å². The van der Waals surface area contributed by atoms with Gasteiger partial charge in [-0.15, -0.1) is 0 Å². The Labute approximate surface area is 166 Å². The number of Topliss-reactive ketones (excluding diaryl/α,β-unsaturated/α-hetero) is 1. The summed E-state index contributed by atoms with van der Waals surface area (Å²) in [5, 5.41) is 0. The van der Waals surface area contributed by atoms with Gasteiger partial charge in [0.25, 0.3) is 0 Å². The number of fused-ring (bicyclic) bond motifs is 2. The average Bonchev–Trinajstić information content (AvgIpc) is 2.98. The molecule has 2 aliphatic heterocycles. The third-order valence-corrected chi connectivity index (χ3v) is 5.06. The van der Waals surface area contributed by atoms with E-state index in [9.17, 15) is 4.79 Å². The van der Waals surface area contributed by atoms with Gasteiger partial charge >= 0.3 is 0 Å². The number of carbonyl (C=O) groups is 1. The minimum absolute atomic E-state index is 0.0749. The van der Waals surface area contributed by atoms with Gasteiger partial charge in [0.2, 0.25) is 5.78 Å². The van der Waals surface area contributed by atoms with E-state index in [2.05, 4.69) is 15.9 Å². The van der Waals surface area contributed by atoms with Crippen molar-refractivity contribution in [3.63, 3.8) is 0 Å². The van der Waals surface area contributed by atoms with Crippen LogP contribution in [0.1, 0.15) is 40.9 Å². The second-order valence-electron chi connectivity index (χ2n) is 6.78. The van der Waals surface area contributed by atoms with Crippen LogP contribution in [0.5, 0.6) is 17.2 Å². The Morgan fingerprint density at radius 3 is 2.81 bits per heavy atom. The number of hydrogen-bond donors (Lipinski definition) is 0. The number of halogens is 1. The molecule has 0 bridgehead atoms. The molecule has 2 heterocycles. The largest absolute Gasteiger partial charge is 0.488 e. The predicted molar refractivity (Wildman–Crippen MR) is 103 cm³/mol. The minimum atomic E-state index is -0.0749. The number of carbonyl (C=O) groups excluding carboxylic acids is 1. The van der Waals surface area contributed by atoms with E-state index in [0.29, 0.717) is 36.0 Å². The fraction of sp³-hybridized carbons (Fsp3) is 0.286. The smallest absolute Gasteiger partial charge is 0.231 e. The average molecular weight is 431 g/mol. The van der Waals surface area contributed by atoms with E-state index in [1.165, 1.54) is 0 Å². The molecule has 0 fully saturated rings. The lowest BCUT2D eigenvalue weighted by Gasteiger charge is -2.21. The standard InChI is InChI=1S/C21H19BrO5/c1-11(2)19-18(23)16-4-5-17(12(3)20(16)27-19)25-9-14-7-15(22)6-13-8-24-10-26-21(13)14/h4-7H,8-10H2,1-3H3. The number of rotatable bonds is 3. The fourth-order valence-corrected chi connectivity index (χ4v) is 3.81. The number of hydrogen-bond acceptors (Lipinski definition) is 5. The summed E-state index contributed by atoms with van der Waals surface area (Å²) in [6.45, 7) is 6.72. The van der Waals surface area contributed by atoms with Gasteiger partial charge in [0.1, 0.15) is 23.9 Å². The molecule has 27 heavy (non-hydrogen) atoms. The highest BCUT2D eigenvalue weighted by Crippen LogP contribution is 2.40. The molecule has 2 aliphatic rings. The number of benzene rings is 2. The highest BCUT2D eigenvalue weighted by Gasteiger charge is 2.31. The third-order valence-electron chi connectivity index (χ3n) is 4.60. The molecule has 0 amide bonds. The minimum Gasteiger partial charge on any atom is -0.488 e. The van der Waals surface area contributed by atoms with Crippen LogP contribution in [0.25, 0.3) is 0 Å². The molecule has 0 atom stereocenters. The van der Waals surface area contributed by atoms with Gasteiger partial charge in [0.05, 0.1) is 12.2 Å². The fourth-order valence-electron chi connectivity index (χ4n) is 3.26. The predicted octanol–water partition coefficient (Wildman–Crippen LogP) is 5.07. The first-order valence-corrected chi connectivity index (χ1v) is 9.43. The SMILES string of the molecule is CC(C)=C1Oc2c(ccc(OCc3cc(Br)cc4c3OCOC4)c2C)C1=O. The molecule has 5 nitrogen and oxygen atoms in total. The Balaban J connectivity index is 1.61. The van der Waals surface area contributed by atoms with Gasteiger partial charge in [-0.25, -0.2) is 0 Å². The Morgan fingerprint density at radius 2 is 2.04 bits per heavy atom. The maximum Gasteiger partial charge on any atom is 0.231 e. The zero-order valence-electron chi connectivity index (χ0n) is 15.3. The van der Waals surface area contributed by atoms with E-state index in [0.717, 1.165) is 32.5 Å². The molecular weight excluding hydrogens is 412 g/mol. The van der Waals surface area contributed by atoms with Gasteiger partial charge in [-0.3, -0.25) is 4.79 Å². The van der Waals surface area contributed by atoms with Gasteiger partial charge < -0.3 is 18.9 Å². The van der Waals surface area contributed by atoms with Crippen molar-refractivity contribution >= 4 is 21.7 Å². The maximum absolute atomic E-state index is 12.4. The Morgan fingerprint density at radius 1 is 1.22 bits per heavy atom. The van der Waals surface area contributed by atoms with Gasteiger partial charge in [-0.1, -0.05) is 15.9 Å². The van der Waals surface area contributed by atoms with Crippen molar-refractivity contribution < 1.29 is 23.7 Å². The lowest BCUT2D eigenvalue weighted by molar-refractivity contribution is -0.0176. The van der Waals surface area contributed by atoms with Crippen LogP contribution in [-0.2, 0) is 18.0 Å². The Bertz CT molecular complexity index is 973. The van der Waals surface area contributed by atoms with Crippen LogP contribution in [0.2, 0.25) is 0 Å². The second-order valence-corrected chi connectivity index (χ2v) is 7.69. The van der Waals surface area contributed by atoms with E-state index in [1.54, 1.807) is 6.07 Å². The molecule has 140 valence electrons. The van der Waals surface area contributed by atoms with Crippen molar-refractivity contribution in [3.05, 3.63) is 62.3 Å². The van der Waals surface area contributed by atoms with Crippen molar-refractivity contribution in [2.24, 2.45) is 0 Å². The summed E-state index contributed by atoms with van der Waals surface area (Å²) in [4.78, 5) is 12.4. The summed E-state index contributed by atoms with van der Waals surface area (Å²) in [7, 11) is 0. The number of ketones is 1. The number of ether oxygens (including phenoxy) is 4. The first kappa shape index (κ1) is 18.1. The van der Waals surface area contributed by atoms with Crippen LogP contribution in [-0.4, -0.2) is 12.6 Å². The zero-order chi connectivity index (χ0) is 19.1. The van der Waals surface area contributed by atoms with E-state index in [1.807, 2.05) is 39.0 Å². The van der Waals surface area contributed by atoms with Crippen molar-refractivity contribution in [2.75, 3.05) is 6.79 Å². The molecular formula is C21H19BrO5. The summed E-state index contributed by atoms with van der Waals surface area (Å²) in [6.07, 6.45) is 0. The van der Waals surface area contributed by atoms with Crippen LogP contribution in [0.3, 0.4) is 0 Å². The van der Waals surface area contributed by atoms with Gasteiger partial charge in [0, 0.05) is 21.2 Å². The molecule has 0 saturated heterocycles. The Hall–Kier alpha value is -2.31. The monoisotopic (exact) mass is 430 g/mol. The quantitative estimate of drug-likeness (QED) is 0.636. The number of allylic oxidation sites excluding steroid dienone is 2. The first-order chi connectivity index (χ1) is 13.0. The van der Waals surface area contributed by atoms with Crippen LogP contribution < -0.4 is 14.2 Å². The van der Waals surface area contributed by atoms with E-state index in [-0.39, 0.29) is 12.6 Å². The van der Waals surface area contributed by atoms with Gasteiger partial charge in [-0.05, 0) is 50.6 Å². The van der Waals surface area contributed by atoms with E-state index in [4.69, 9.17) is 18.9 Å². The molecule has 0 aromatic heterocycles. The highest BCUT2D eigenvalue weighted by molar-refractivity contribution is 9.10. The maximum atomic E-state index is 12.4. The molecule has 2 aromatic carbocycles. The molecule has 0 N–H and O–H groups in total. The van der Waals surface area contributed by atoms with E-state index >= 15 is 0 Å². The molecule has 6 heteroatoms. The molecule has 0 radical (unpaired) electrons. The van der Waals surface area contributed by atoms with Crippen LogP contribution in [0.15, 0.2) is 40.1 Å². The summed E-state index contributed by atoms with van der Waals surface area (Å²) in [6, 6.07) is 7.54. The normalized spacial score (nSPS) is 15.0. The molecule has 0 aliphatic carbocycles. The van der Waals surface area contributed by atoms with Crippen LogP contribution in [0.4, 0.5) is 0 Å². The summed E-state index contributed by atoms with van der Waals surface area (Å²) in [5.41, 5.74) is 4.17.